The Morgan fingerprint density at radius 3 is 1.46 bits per heavy atom. The van der Waals surface area contributed by atoms with Crippen LogP contribution in [0.2, 0.25) is 0 Å². The fraction of sp³-hybridized carbons (Fsp3) is 0.0400. The van der Waals surface area contributed by atoms with Crippen molar-refractivity contribution in [3.8, 4) is 39.1 Å². The lowest BCUT2D eigenvalue weighted by Crippen LogP contribution is -2.10. The summed E-state index contributed by atoms with van der Waals surface area (Å²) in [6, 6.07) is 65.6. The Morgan fingerprint density at radius 1 is 0.404 bits per heavy atom. The molecule has 0 saturated heterocycles. The maximum absolute atomic E-state index is 2.35. The average Bonchev–Trinajstić information content (AvgIpc) is 3.63. The number of allylic oxidation sites excluding steroid dienone is 4. The van der Waals surface area contributed by atoms with Crippen LogP contribution in [0, 0.1) is 0 Å². The Balaban J connectivity index is 1.03. The zero-order valence-corrected chi connectivity index (χ0v) is 28.9. The molecule has 2 nitrogen and oxygen atoms in total. The van der Waals surface area contributed by atoms with Crippen LogP contribution in [0.3, 0.4) is 0 Å². The molecule has 0 bridgehead atoms. The lowest BCUT2D eigenvalue weighted by atomic mass is 9.98. The third-order valence-corrected chi connectivity index (χ3v) is 10.1. The molecule has 0 unspecified atom stereocenters. The van der Waals surface area contributed by atoms with Gasteiger partial charge in [0.25, 0.3) is 0 Å². The van der Waals surface area contributed by atoms with Gasteiger partial charge in [-0.1, -0.05) is 146 Å². The first-order valence-electron chi connectivity index (χ1n) is 18.1. The van der Waals surface area contributed by atoms with Crippen molar-refractivity contribution in [1.29, 1.82) is 0 Å². The molecule has 8 aromatic rings. The number of fused-ring (bicyclic) bond motifs is 1. The van der Waals surface area contributed by atoms with Gasteiger partial charge in [0.05, 0.1) is 5.52 Å². The zero-order chi connectivity index (χ0) is 34.7. The van der Waals surface area contributed by atoms with Crippen LogP contribution in [0.25, 0.3) is 55.5 Å². The Labute approximate surface area is 305 Å². The van der Waals surface area contributed by atoms with Crippen LogP contribution in [0.1, 0.15) is 18.4 Å². The van der Waals surface area contributed by atoms with Crippen LogP contribution < -0.4 is 4.90 Å². The highest BCUT2D eigenvalue weighted by Gasteiger charge is 2.15. The zero-order valence-electron chi connectivity index (χ0n) is 28.9. The largest absolute Gasteiger partial charge is 0.316 e. The van der Waals surface area contributed by atoms with E-state index in [0.29, 0.717) is 0 Å². The van der Waals surface area contributed by atoms with Gasteiger partial charge in [0.2, 0.25) is 0 Å². The van der Waals surface area contributed by atoms with Crippen LogP contribution >= 0.6 is 0 Å². The fourth-order valence-corrected chi connectivity index (χ4v) is 7.37. The first-order valence-corrected chi connectivity index (χ1v) is 18.1. The van der Waals surface area contributed by atoms with Gasteiger partial charge in [-0.25, -0.2) is 0 Å². The first-order chi connectivity index (χ1) is 25.8. The van der Waals surface area contributed by atoms with E-state index in [1.165, 1.54) is 55.4 Å². The summed E-state index contributed by atoms with van der Waals surface area (Å²) in [7, 11) is 0. The molecule has 0 aliphatic heterocycles. The lowest BCUT2D eigenvalue weighted by Gasteiger charge is -2.26. The van der Waals surface area contributed by atoms with Crippen molar-refractivity contribution < 1.29 is 0 Å². The molecule has 248 valence electrons. The van der Waals surface area contributed by atoms with Crippen molar-refractivity contribution in [2.24, 2.45) is 0 Å². The summed E-state index contributed by atoms with van der Waals surface area (Å²) in [5.41, 5.74) is 15.5. The molecule has 2 heteroatoms. The van der Waals surface area contributed by atoms with Gasteiger partial charge in [-0.3, -0.25) is 0 Å². The van der Waals surface area contributed by atoms with Crippen LogP contribution in [0.4, 0.5) is 17.1 Å². The summed E-state index contributed by atoms with van der Waals surface area (Å²) >= 11 is 0. The molecular formula is C50H38N2. The van der Waals surface area contributed by atoms with Crippen LogP contribution in [-0.4, -0.2) is 4.57 Å². The van der Waals surface area contributed by atoms with Gasteiger partial charge in [-0.15, -0.1) is 0 Å². The third kappa shape index (κ3) is 6.16. The van der Waals surface area contributed by atoms with E-state index in [1.807, 2.05) is 0 Å². The number of anilines is 3. The van der Waals surface area contributed by atoms with Gasteiger partial charge < -0.3 is 9.47 Å². The van der Waals surface area contributed by atoms with Crippen molar-refractivity contribution in [1.82, 2.24) is 4.57 Å². The SMILES string of the molecule is C1=CC(c2ccc(N(c3ccc(-c4ccccc4)cc3)c3ccc(-c4ccc(-c5cn(-c6ccccc6)c6ccccc56)cc4)cc3)cc2)=CCC1. The minimum Gasteiger partial charge on any atom is -0.316 e. The number of rotatable bonds is 8. The average molecular weight is 667 g/mol. The number of aromatic nitrogens is 1. The molecule has 9 rings (SSSR count). The van der Waals surface area contributed by atoms with E-state index in [2.05, 4.69) is 216 Å². The molecular weight excluding hydrogens is 629 g/mol. The topological polar surface area (TPSA) is 8.17 Å². The van der Waals surface area contributed by atoms with E-state index in [1.54, 1.807) is 0 Å². The normalized spacial score (nSPS) is 12.5. The second kappa shape index (κ2) is 13.9. The molecule has 0 radical (unpaired) electrons. The van der Waals surface area contributed by atoms with Crippen LogP contribution in [-0.2, 0) is 0 Å². The Kier molecular flexibility index (Phi) is 8.40. The van der Waals surface area contributed by atoms with Crippen molar-refractivity contribution in [3.05, 3.63) is 212 Å². The number of benzene rings is 7. The molecule has 0 atom stereocenters. The maximum Gasteiger partial charge on any atom is 0.0534 e. The molecule has 0 saturated carbocycles. The van der Waals surface area contributed by atoms with E-state index in [9.17, 15) is 0 Å². The van der Waals surface area contributed by atoms with Gasteiger partial charge in [0.1, 0.15) is 0 Å². The molecule has 0 fully saturated rings. The Morgan fingerprint density at radius 2 is 0.885 bits per heavy atom. The van der Waals surface area contributed by atoms with Gasteiger partial charge in [0, 0.05) is 39.9 Å². The molecule has 1 aliphatic rings. The highest BCUT2D eigenvalue weighted by molar-refractivity contribution is 5.97. The summed E-state index contributed by atoms with van der Waals surface area (Å²) in [4.78, 5) is 2.35. The van der Waals surface area contributed by atoms with Gasteiger partial charge in [0.15, 0.2) is 0 Å². The minimum absolute atomic E-state index is 1.10. The molecule has 1 aromatic heterocycles. The summed E-state index contributed by atoms with van der Waals surface area (Å²) in [5.74, 6) is 0. The van der Waals surface area contributed by atoms with Crippen LogP contribution in [0.5, 0.6) is 0 Å². The van der Waals surface area contributed by atoms with Gasteiger partial charge in [-0.2, -0.15) is 0 Å². The van der Waals surface area contributed by atoms with Crippen molar-refractivity contribution >= 4 is 33.5 Å². The van der Waals surface area contributed by atoms with Crippen LogP contribution in [0.15, 0.2) is 206 Å². The molecule has 1 heterocycles. The number of hydrogen-bond acceptors (Lipinski definition) is 1. The predicted octanol–water partition coefficient (Wildman–Crippen LogP) is 13.8. The molecule has 0 amide bonds. The van der Waals surface area contributed by atoms with Crippen molar-refractivity contribution in [3.63, 3.8) is 0 Å². The number of nitrogens with zero attached hydrogens (tertiary/aromatic N) is 2. The highest BCUT2D eigenvalue weighted by Crippen LogP contribution is 2.38. The molecule has 0 N–H and O–H groups in total. The van der Waals surface area contributed by atoms with E-state index < -0.39 is 0 Å². The Hall–Kier alpha value is -6.64. The van der Waals surface area contributed by atoms with Gasteiger partial charge in [-0.05, 0) is 106 Å². The van der Waals surface area contributed by atoms with E-state index in [0.717, 1.165) is 35.6 Å². The third-order valence-electron chi connectivity index (χ3n) is 10.1. The smallest absolute Gasteiger partial charge is 0.0534 e. The van der Waals surface area contributed by atoms with E-state index in [-0.39, 0.29) is 0 Å². The highest BCUT2D eigenvalue weighted by atomic mass is 15.1. The molecule has 0 spiro atoms. The maximum atomic E-state index is 2.35. The first kappa shape index (κ1) is 31.3. The lowest BCUT2D eigenvalue weighted by molar-refractivity contribution is 1.04. The Bertz CT molecular complexity index is 2500. The second-order valence-electron chi connectivity index (χ2n) is 13.3. The number of hydrogen-bond donors (Lipinski definition) is 0. The van der Waals surface area contributed by atoms with E-state index in [4.69, 9.17) is 0 Å². The predicted molar refractivity (Wildman–Crippen MR) is 221 cm³/mol. The monoisotopic (exact) mass is 666 g/mol. The summed E-state index contributed by atoms with van der Waals surface area (Å²) in [6.45, 7) is 0. The van der Waals surface area contributed by atoms with Crippen molar-refractivity contribution in [2.45, 2.75) is 12.8 Å². The fourth-order valence-electron chi connectivity index (χ4n) is 7.37. The molecule has 1 aliphatic carbocycles. The molecule has 7 aromatic carbocycles. The minimum atomic E-state index is 1.10. The summed E-state index contributed by atoms with van der Waals surface area (Å²) in [5, 5.41) is 1.25. The van der Waals surface area contributed by atoms with Crippen molar-refractivity contribution in [2.75, 3.05) is 4.90 Å². The second-order valence-corrected chi connectivity index (χ2v) is 13.3. The standard InChI is InChI=1S/C50H38N2/c1-4-12-37(13-5-1)40-24-30-45(31-25-40)52(46-32-26-41(27-33-46)38-14-6-2-7-15-38)47-34-28-42(29-35-47)39-20-22-43(23-21-39)49-36-51(44-16-8-3-9-17-44)50-19-11-10-18-48(49)50/h1,3-6,8-36H,2,7H2. The summed E-state index contributed by atoms with van der Waals surface area (Å²) in [6.07, 6.45) is 11.3. The number of para-hydroxylation sites is 2. The molecule has 52 heavy (non-hydrogen) atoms. The van der Waals surface area contributed by atoms with E-state index >= 15 is 0 Å². The quantitative estimate of drug-likeness (QED) is 0.157. The van der Waals surface area contributed by atoms with Gasteiger partial charge >= 0.3 is 0 Å². The summed E-state index contributed by atoms with van der Waals surface area (Å²) < 4.78 is 2.29.